The number of nitrogens with zero attached hydrogens (tertiary/aromatic N) is 3. The van der Waals surface area contributed by atoms with Crippen LogP contribution in [0, 0.1) is 5.82 Å². The van der Waals surface area contributed by atoms with Gasteiger partial charge in [-0.25, -0.2) is 9.18 Å². The SMILES string of the molecule is CCOC(=O)N1CCN(C(=O)c2ccc(CN(Cc3cccc(F)c3)Cc3cccc(OC)c3)o2)CC1. The van der Waals surface area contributed by atoms with Gasteiger partial charge in [0, 0.05) is 39.3 Å². The first-order valence-corrected chi connectivity index (χ1v) is 12.3. The molecule has 1 aliphatic rings. The number of furan rings is 1. The van der Waals surface area contributed by atoms with E-state index in [4.69, 9.17) is 13.9 Å². The van der Waals surface area contributed by atoms with Gasteiger partial charge in [0.15, 0.2) is 5.76 Å². The first-order chi connectivity index (χ1) is 17.9. The molecule has 3 aromatic rings. The number of amides is 2. The molecule has 2 heterocycles. The highest BCUT2D eigenvalue weighted by Crippen LogP contribution is 2.20. The fourth-order valence-corrected chi connectivity index (χ4v) is 4.35. The van der Waals surface area contributed by atoms with Gasteiger partial charge in [-0.1, -0.05) is 24.3 Å². The van der Waals surface area contributed by atoms with E-state index in [1.165, 1.54) is 12.1 Å². The Hall–Kier alpha value is -3.85. The minimum absolute atomic E-state index is 0.209. The van der Waals surface area contributed by atoms with Gasteiger partial charge in [0.2, 0.25) is 0 Å². The van der Waals surface area contributed by atoms with Crippen LogP contribution in [-0.2, 0) is 24.4 Å². The van der Waals surface area contributed by atoms with E-state index in [1.807, 2.05) is 30.3 Å². The van der Waals surface area contributed by atoms with Crippen LogP contribution in [0.3, 0.4) is 0 Å². The smallest absolute Gasteiger partial charge is 0.409 e. The summed E-state index contributed by atoms with van der Waals surface area (Å²) in [6, 6.07) is 17.8. The van der Waals surface area contributed by atoms with Crippen molar-refractivity contribution in [2.75, 3.05) is 39.9 Å². The topological polar surface area (TPSA) is 75.5 Å². The minimum Gasteiger partial charge on any atom is -0.497 e. The van der Waals surface area contributed by atoms with Crippen molar-refractivity contribution in [1.82, 2.24) is 14.7 Å². The van der Waals surface area contributed by atoms with Gasteiger partial charge in [-0.2, -0.15) is 0 Å². The number of rotatable bonds is 9. The van der Waals surface area contributed by atoms with Crippen LogP contribution < -0.4 is 4.74 Å². The summed E-state index contributed by atoms with van der Waals surface area (Å²) in [6.07, 6.45) is -0.357. The molecule has 1 aromatic heterocycles. The first kappa shape index (κ1) is 26.2. The molecule has 0 spiro atoms. The fourth-order valence-electron chi connectivity index (χ4n) is 4.35. The number of ether oxygens (including phenoxy) is 2. The van der Waals surface area contributed by atoms with E-state index in [2.05, 4.69) is 4.90 Å². The third-order valence-corrected chi connectivity index (χ3v) is 6.18. The maximum absolute atomic E-state index is 13.8. The lowest BCUT2D eigenvalue weighted by atomic mass is 10.1. The van der Waals surface area contributed by atoms with Gasteiger partial charge in [0.25, 0.3) is 5.91 Å². The van der Waals surface area contributed by atoms with Crippen molar-refractivity contribution in [2.24, 2.45) is 0 Å². The molecule has 37 heavy (non-hydrogen) atoms. The third-order valence-electron chi connectivity index (χ3n) is 6.18. The summed E-state index contributed by atoms with van der Waals surface area (Å²) in [5.41, 5.74) is 1.88. The molecule has 196 valence electrons. The van der Waals surface area contributed by atoms with E-state index < -0.39 is 0 Å². The van der Waals surface area contributed by atoms with Crippen LogP contribution in [0.1, 0.15) is 34.4 Å². The molecule has 1 aliphatic heterocycles. The zero-order valence-corrected chi connectivity index (χ0v) is 21.2. The Labute approximate surface area is 216 Å². The van der Waals surface area contributed by atoms with E-state index in [1.54, 1.807) is 42.0 Å². The van der Waals surface area contributed by atoms with Crippen molar-refractivity contribution in [1.29, 1.82) is 0 Å². The summed E-state index contributed by atoms with van der Waals surface area (Å²) in [6.45, 7) is 5.24. The lowest BCUT2D eigenvalue weighted by Gasteiger charge is -2.33. The van der Waals surface area contributed by atoms with Crippen LogP contribution in [0.15, 0.2) is 65.1 Å². The molecule has 0 radical (unpaired) electrons. The molecule has 0 bridgehead atoms. The molecule has 9 heteroatoms. The maximum Gasteiger partial charge on any atom is 0.409 e. The lowest BCUT2D eigenvalue weighted by molar-refractivity contribution is 0.0543. The van der Waals surface area contributed by atoms with Crippen LogP contribution in [0.5, 0.6) is 5.75 Å². The summed E-state index contributed by atoms with van der Waals surface area (Å²) < 4.78 is 30.2. The first-order valence-electron chi connectivity index (χ1n) is 12.3. The van der Waals surface area contributed by atoms with Gasteiger partial charge in [-0.05, 0) is 54.4 Å². The van der Waals surface area contributed by atoms with Crippen LogP contribution in [0.4, 0.5) is 9.18 Å². The van der Waals surface area contributed by atoms with Gasteiger partial charge in [0.05, 0.1) is 20.3 Å². The Balaban J connectivity index is 1.43. The molecule has 8 nitrogen and oxygen atoms in total. The van der Waals surface area contributed by atoms with Crippen LogP contribution >= 0.6 is 0 Å². The predicted octanol–water partition coefficient (Wildman–Crippen LogP) is 4.54. The van der Waals surface area contributed by atoms with Crippen molar-refractivity contribution in [2.45, 2.75) is 26.6 Å². The summed E-state index contributed by atoms with van der Waals surface area (Å²) in [5.74, 6) is 1.16. The summed E-state index contributed by atoms with van der Waals surface area (Å²) in [4.78, 5) is 30.3. The fraction of sp³-hybridized carbons (Fsp3) is 0.357. The van der Waals surface area contributed by atoms with Crippen molar-refractivity contribution in [3.05, 3.63) is 89.1 Å². The predicted molar refractivity (Wildman–Crippen MR) is 136 cm³/mol. The van der Waals surface area contributed by atoms with Gasteiger partial charge >= 0.3 is 6.09 Å². The molecule has 0 unspecified atom stereocenters. The lowest BCUT2D eigenvalue weighted by Crippen LogP contribution is -2.50. The molecule has 0 atom stereocenters. The molecule has 0 saturated carbocycles. The zero-order chi connectivity index (χ0) is 26.2. The summed E-state index contributed by atoms with van der Waals surface area (Å²) in [7, 11) is 1.63. The number of methoxy groups -OCH3 is 1. The van der Waals surface area contributed by atoms with E-state index in [0.717, 1.165) is 16.9 Å². The standard InChI is InChI=1S/C28H32FN3O5/c1-3-36-28(34)32-14-12-31(13-15-32)27(33)26-11-10-25(37-26)20-30(18-21-6-4-8-23(29)16-21)19-22-7-5-9-24(17-22)35-2/h4-11,16-17H,3,12-15,18-20H2,1-2H3. The molecule has 1 saturated heterocycles. The molecular formula is C28H32FN3O5. The quantitative estimate of drug-likeness (QED) is 0.422. The number of carbonyl (C=O) groups is 2. The van der Waals surface area contributed by atoms with Crippen LogP contribution in [0.25, 0.3) is 0 Å². The molecule has 0 N–H and O–H groups in total. The largest absolute Gasteiger partial charge is 0.497 e. The number of hydrogen-bond donors (Lipinski definition) is 0. The Morgan fingerprint density at radius 2 is 1.59 bits per heavy atom. The highest BCUT2D eigenvalue weighted by Gasteiger charge is 2.27. The van der Waals surface area contributed by atoms with Crippen molar-refractivity contribution < 1.29 is 27.9 Å². The molecule has 1 fully saturated rings. The molecule has 2 aromatic carbocycles. The van der Waals surface area contributed by atoms with E-state index in [-0.39, 0.29) is 23.6 Å². The van der Waals surface area contributed by atoms with Crippen LogP contribution in [0.2, 0.25) is 0 Å². The average molecular weight is 510 g/mol. The molecule has 4 rings (SSSR count). The van der Waals surface area contributed by atoms with Gasteiger partial charge < -0.3 is 23.7 Å². The van der Waals surface area contributed by atoms with Gasteiger partial charge in [0.1, 0.15) is 17.3 Å². The maximum atomic E-state index is 13.8. The minimum atomic E-state index is -0.357. The molecule has 0 aliphatic carbocycles. The zero-order valence-electron chi connectivity index (χ0n) is 21.2. The Kier molecular flexibility index (Phi) is 8.79. The molecular weight excluding hydrogens is 477 g/mol. The highest BCUT2D eigenvalue weighted by atomic mass is 19.1. The highest BCUT2D eigenvalue weighted by molar-refractivity contribution is 5.91. The van der Waals surface area contributed by atoms with E-state index >= 15 is 0 Å². The normalized spacial score (nSPS) is 13.6. The van der Waals surface area contributed by atoms with Crippen molar-refractivity contribution >= 4 is 12.0 Å². The second-order valence-electron chi connectivity index (χ2n) is 8.87. The molecule has 2 amide bonds. The monoisotopic (exact) mass is 509 g/mol. The van der Waals surface area contributed by atoms with E-state index in [9.17, 15) is 14.0 Å². The average Bonchev–Trinajstić information content (AvgIpc) is 3.37. The van der Waals surface area contributed by atoms with Crippen LogP contribution in [-0.4, -0.2) is 66.6 Å². The number of carbonyl (C=O) groups excluding carboxylic acids is 2. The Morgan fingerprint density at radius 1 is 0.919 bits per heavy atom. The van der Waals surface area contributed by atoms with Gasteiger partial charge in [-0.3, -0.25) is 9.69 Å². The summed E-state index contributed by atoms with van der Waals surface area (Å²) >= 11 is 0. The van der Waals surface area contributed by atoms with Crippen molar-refractivity contribution in [3.8, 4) is 5.75 Å². The Morgan fingerprint density at radius 3 is 2.27 bits per heavy atom. The second kappa shape index (κ2) is 12.4. The van der Waals surface area contributed by atoms with E-state index in [0.29, 0.717) is 58.2 Å². The second-order valence-corrected chi connectivity index (χ2v) is 8.87. The number of benzene rings is 2. The van der Waals surface area contributed by atoms with Crippen molar-refractivity contribution in [3.63, 3.8) is 0 Å². The number of halogens is 1. The van der Waals surface area contributed by atoms with Gasteiger partial charge in [-0.15, -0.1) is 0 Å². The number of hydrogen-bond acceptors (Lipinski definition) is 6. The Bertz CT molecular complexity index is 1210. The third kappa shape index (κ3) is 7.10. The summed E-state index contributed by atoms with van der Waals surface area (Å²) in [5, 5.41) is 0. The number of piperazine rings is 1.